The zero-order valence-corrected chi connectivity index (χ0v) is 68.4. The lowest BCUT2D eigenvalue weighted by molar-refractivity contribution is 0.0820. The lowest BCUT2D eigenvalue weighted by Crippen LogP contribution is -2.21. The number of hydrogen-bond donors (Lipinski definition) is 11. The summed E-state index contributed by atoms with van der Waals surface area (Å²) in [5, 5.41) is 13.9. The second kappa shape index (κ2) is 45.3. The van der Waals surface area contributed by atoms with Gasteiger partial charge in [-0.3, -0.25) is 28.8 Å². The van der Waals surface area contributed by atoms with Gasteiger partial charge in [-0.15, -0.1) is 0 Å². The molecule has 0 bridgehead atoms. The number of carbonyl (C=O) groups excluding carboxylic acids is 6. The molecule has 0 spiro atoms. The van der Waals surface area contributed by atoms with E-state index >= 15 is 0 Å². The molecule has 0 saturated carbocycles. The van der Waals surface area contributed by atoms with E-state index in [1.54, 1.807) is 139 Å². The minimum absolute atomic E-state index is 0.00463. The van der Waals surface area contributed by atoms with Gasteiger partial charge in [0, 0.05) is 163 Å². The molecule has 582 valence electrons. The fraction of sp³-hybridized carbons (Fsp3) is 0.101. The Morgan fingerprint density at radius 3 is 1.23 bits per heavy atom. The highest BCUT2D eigenvalue weighted by Crippen LogP contribution is 2.26. The zero-order valence-electron chi connectivity index (χ0n) is 61.1. The van der Waals surface area contributed by atoms with Gasteiger partial charge in [-0.25, -0.2) is 34.9 Å². The Kier molecular flexibility index (Phi) is 35.4. The maximum atomic E-state index is 12.1. The summed E-state index contributed by atoms with van der Waals surface area (Å²) in [7, 11) is 6.86. The van der Waals surface area contributed by atoms with Crippen LogP contribution in [0.5, 0.6) is 0 Å². The lowest BCUT2D eigenvalue weighted by Gasteiger charge is -2.14. The Hall–Kier alpha value is -12.1. The van der Waals surface area contributed by atoms with Gasteiger partial charge in [0.15, 0.2) is 0 Å². The Morgan fingerprint density at radius 2 is 0.858 bits per heavy atom. The SMILES string of the molecule is CN(C)C(=O)c1ccc(N)cc1.CN(C)C(=O)c1ccc(Nc2cc(NCc3cccc(-n4ccnc4)c3)c(C(N)=O)cn2)cc1.NC(=O)c1cnc(Cl)cc1Cl.NC(=O)c1cnc(Cl)cc1NCc1cccc(-n2ccnc2)c1.NC(=O)c1cnc(Cl)cc1NCc1cccc(I)c1.NCc1cccc(I)c1.c1c[nH]cn1. The number of nitrogen functional groups attached to an aromatic ring is 1. The number of nitrogens with zero attached hydrogens (tertiary/aromatic N) is 11. The molecule has 28 nitrogen and oxygen atoms in total. The van der Waals surface area contributed by atoms with Crippen LogP contribution in [0, 0.1) is 7.14 Å². The van der Waals surface area contributed by atoms with Crippen molar-refractivity contribution in [2.45, 2.75) is 26.2 Å². The van der Waals surface area contributed by atoms with Crippen molar-refractivity contribution in [3.63, 3.8) is 0 Å². The van der Waals surface area contributed by atoms with Gasteiger partial charge in [-0.2, -0.15) is 0 Å². The molecule has 7 heterocycles. The van der Waals surface area contributed by atoms with E-state index in [-0.39, 0.29) is 27.6 Å². The second-order valence-electron chi connectivity index (χ2n) is 24.0. The number of aromatic amines is 1. The molecule has 6 amide bonds. The van der Waals surface area contributed by atoms with Crippen molar-refractivity contribution in [2.24, 2.45) is 28.7 Å². The number of halogens is 6. The molecule has 17 N–H and O–H groups in total. The summed E-state index contributed by atoms with van der Waals surface area (Å²) in [5.41, 5.74) is 43.9. The van der Waals surface area contributed by atoms with Crippen LogP contribution in [-0.4, -0.2) is 122 Å². The molecule has 113 heavy (non-hydrogen) atoms. The first-order chi connectivity index (χ1) is 54.1. The average molecular weight is 1830 g/mol. The third-order valence-corrected chi connectivity index (χ3v) is 17.5. The van der Waals surface area contributed by atoms with E-state index in [9.17, 15) is 28.8 Å². The molecule has 0 atom stereocenters. The van der Waals surface area contributed by atoms with E-state index in [2.05, 4.69) is 125 Å². The predicted molar refractivity (Wildman–Crippen MR) is 462 cm³/mol. The number of nitrogens with two attached hydrogens (primary N) is 6. The van der Waals surface area contributed by atoms with Gasteiger partial charge in [0.05, 0.1) is 63.3 Å². The number of hydrogen-bond acceptors (Lipinski definition) is 19. The van der Waals surface area contributed by atoms with Crippen molar-refractivity contribution in [3.8, 4) is 11.4 Å². The Balaban J connectivity index is 0.000000196. The van der Waals surface area contributed by atoms with E-state index < -0.39 is 23.6 Å². The number of amides is 6. The zero-order chi connectivity index (χ0) is 81.9. The quantitative estimate of drug-likeness (QED) is 0.0192. The van der Waals surface area contributed by atoms with E-state index in [1.165, 1.54) is 49.8 Å². The predicted octanol–water partition coefficient (Wildman–Crippen LogP) is 13.7. The van der Waals surface area contributed by atoms with E-state index in [4.69, 9.17) is 80.8 Å². The molecule has 0 radical (unpaired) electrons. The van der Waals surface area contributed by atoms with Crippen LogP contribution in [0.4, 0.5) is 34.3 Å². The first-order valence-electron chi connectivity index (χ1n) is 33.6. The summed E-state index contributed by atoms with van der Waals surface area (Å²) < 4.78 is 6.24. The monoisotopic (exact) mass is 1820 g/mol. The van der Waals surface area contributed by atoms with Crippen molar-refractivity contribution < 1.29 is 28.8 Å². The Labute approximate surface area is 698 Å². The minimum Gasteiger partial charge on any atom is -0.399 e. The molecule has 6 aromatic carbocycles. The number of rotatable bonds is 20. The van der Waals surface area contributed by atoms with Crippen LogP contribution in [-0.2, 0) is 26.2 Å². The molecule has 0 unspecified atom stereocenters. The normalized spacial score (nSPS) is 10.1. The van der Waals surface area contributed by atoms with Gasteiger partial charge in [-0.05, 0) is 183 Å². The highest BCUT2D eigenvalue weighted by atomic mass is 127. The van der Waals surface area contributed by atoms with E-state index in [0.717, 1.165) is 37.3 Å². The van der Waals surface area contributed by atoms with Crippen LogP contribution < -0.4 is 55.7 Å². The molecular weight excluding hydrogens is 1750 g/mol. The van der Waals surface area contributed by atoms with Crippen molar-refractivity contribution in [2.75, 3.05) is 55.2 Å². The largest absolute Gasteiger partial charge is 0.399 e. The number of pyridine rings is 4. The van der Waals surface area contributed by atoms with Crippen molar-refractivity contribution >= 4 is 161 Å². The third-order valence-electron chi connectivity index (χ3n) is 15.2. The molecule has 13 rings (SSSR count). The second-order valence-corrected chi connectivity index (χ2v) is 28.0. The lowest BCUT2D eigenvalue weighted by atomic mass is 10.1. The number of anilines is 6. The van der Waals surface area contributed by atoms with Crippen LogP contribution in [0.1, 0.15) is 84.4 Å². The summed E-state index contributed by atoms with van der Waals surface area (Å²) in [6, 6.07) is 52.4. The van der Waals surface area contributed by atoms with Gasteiger partial charge in [-0.1, -0.05) is 94.9 Å². The van der Waals surface area contributed by atoms with Gasteiger partial charge in [0.25, 0.3) is 35.4 Å². The number of carbonyl (C=O) groups is 6. The molecule has 0 fully saturated rings. The van der Waals surface area contributed by atoms with Gasteiger partial charge >= 0.3 is 0 Å². The molecule has 7 aromatic heterocycles. The summed E-state index contributed by atoms with van der Waals surface area (Å²) >= 11 is 27.3. The molecule has 0 saturated heterocycles. The first kappa shape index (κ1) is 88.2. The Morgan fingerprint density at radius 1 is 0.460 bits per heavy atom. The summed E-state index contributed by atoms with van der Waals surface area (Å²) in [5.74, 6) is -1.81. The number of primary amides is 4. The number of benzene rings is 6. The van der Waals surface area contributed by atoms with Crippen molar-refractivity contribution in [1.82, 2.24) is 58.8 Å². The van der Waals surface area contributed by atoms with Crippen LogP contribution in [0.25, 0.3) is 11.4 Å². The molecule has 0 aliphatic rings. The molecule has 0 aliphatic carbocycles. The maximum absolute atomic E-state index is 12.1. The van der Waals surface area contributed by atoms with E-state index in [1.807, 2.05) is 100 Å². The smallest absolute Gasteiger partial charge is 0.253 e. The van der Waals surface area contributed by atoms with Crippen molar-refractivity contribution in [3.05, 3.63) is 334 Å². The van der Waals surface area contributed by atoms with E-state index in [0.29, 0.717) is 92.9 Å². The summed E-state index contributed by atoms with van der Waals surface area (Å²) in [6.45, 7) is 2.21. The minimum atomic E-state index is -0.612. The number of H-pyrrole nitrogens is 1. The highest BCUT2D eigenvalue weighted by Gasteiger charge is 2.16. The van der Waals surface area contributed by atoms with Crippen LogP contribution in [0.15, 0.2) is 251 Å². The fourth-order valence-electron chi connectivity index (χ4n) is 9.58. The van der Waals surface area contributed by atoms with Gasteiger partial charge < -0.3 is 79.6 Å². The average Bonchev–Trinajstić information content (AvgIpc) is 1.65. The summed E-state index contributed by atoms with van der Waals surface area (Å²) in [6.07, 6.45) is 21.2. The Bertz CT molecular complexity index is 5250. The first-order valence-corrected chi connectivity index (χ1v) is 37.3. The third kappa shape index (κ3) is 29.6. The molecule has 13 aromatic rings. The number of aromatic nitrogens is 10. The molecule has 34 heteroatoms. The van der Waals surface area contributed by atoms with Crippen LogP contribution >= 0.6 is 91.6 Å². The van der Waals surface area contributed by atoms with Gasteiger partial charge in [0.2, 0.25) is 0 Å². The molecular formula is C79H78Cl4I2N22O6. The van der Waals surface area contributed by atoms with Crippen molar-refractivity contribution in [1.29, 1.82) is 0 Å². The summed E-state index contributed by atoms with van der Waals surface area (Å²) in [4.78, 5) is 102. The van der Waals surface area contributed by atoms with Crippen LogP contribution in [0.3, 0.4) is 0 Å². The van der Waals surface area contributed by atoms with Gasteiger partial charge in [0.1, 0.15) is 21.3 Å². The fourth-order valence-corrected chi connectivity index (χ4v) is 11.6. The number of imidazole rings is 3. The number of nitrogens with one attached hydrogen (secondary N) is 5. The molecule has 0 aliphatic heterocycles. The van der Waals surface area contributed by atoms with Crippen LogP contribution in [0.2, 0.25) is 20.5 Å². The topological polar surface area (TPSA) is 429 Å². The highest BCUT2D eigenvalue weighted by molar-refractivity contribution is 14.1. The standard InChI is InChI=1S/C25H25N7O2.C16H14ClN5O.C13H11ClIN3O.C9H12N2O.C7H8IN.C6H4Cl2N2O.C3H4N2/c1-31(2)25(34)18-6-8-19(9-7-18)30-23-13-22(21(15-29-23)24(26)33)28-14-17-4-3-5-20(12-17)32-11-10-27-16-32;17-15-7-14(13(9-21-15)16(18)23)20-8-11-2-1-3-12(6-11)22-5-4-19-10-22;14-12-5-11(10(7-18-12)13(16)19)17-6-8-2-1-3-9(15)4-8;1-11(2)9(12)7-3-5-8(10)6-4-7;8-7-3-1-2-6(4-7)5-9;7-4-1-5(8)10-2-3(4)6(9)11;1-2-5-3-4-1/h3-13,15-16H,14H2,1-2H3,(H2,26,33)(H2,28,29,30);1-7,9-10H,8H2,(H2,18,23)(H,20,21);1-5,7H,6H2,(H2,16,19)(H,17,18);3-6H,10H2,1-2H3;1-4H,5,9H2;1-2H,(H2,9,11);1-3H,(H,4,5). The maximum Gasteiger partial charge on any atom is 0.253 e.